The van der Waals surface area contributed by atoms with Crippen LogP contribution in [0.4, 0.5) is 15.5 Å². The number of hydrogen-bond donors (Lipinski definition) is 2. The highest BCUT2D eigenvalue weighted by Gasteiger charge is 2.27. The molecule has 1 aromatic heterocycles. The summed E-state index contributed by atoms with van der Waals surface area (Å²) in [6, 6.07) is 17.2. The highest BCUT2D eigenvalue weighted by molar-refractivity contribution is 7.92. The molecule has 0 radical (unpaired) electrons. The number of amides is 3. The maximum atomic E-state index is 13.1. The number of nitrogens with zero attached hydrogens (tertiary/aromatic N) is 2. The van der Waals surface area contributed by atoms with Crippen LogP contribution in [0, 0.1) is 0 Å². The van der Waals surface area contributed by atoms with Crippen molar-refractivity contribution in [3.8, 4) is 10.4 Å². The van der Waals surface area contributed by atoms with Gasteiger partial charge in [-0.15, -0.1) is 11.3 Å². The Morgan fingerprint density at radius 3 is 2.29 bits per heavy atom. The molecule has 0 unspecified atom stereocenters. The van der Waals surface area contributed by atoms with Crippen molar-refractivity contribution in [3.05, 3.63) is 71.8 Å². The topological polar surface area (TPSA) is 125 Å². The minimum absolute atomic E-state index is 0.214. The highest BCUT2D eigenvalue weighted by Crippen LogP contribution is 2.36. The third-order valence-electron chi connectivity index (χ3n) is 5.77. The lowest BCUT2D eigenvalue weighted by Gasteiger charge is -2.34. The lowest BCUT2D eigenvalue weighted by molar-refractivity contribution is 0.0527. The zero-order valence-corrected chi connectivity index (χ0v) is 22.6. The Kier molecular flexibility index (Phi) is 8.32. The van der Waals surface area contributed by atoms with Crippen LogP contribution in [0.2, 0.25) is 0 Å². The van der Waals surface area contributed by atoms with Crippen molar-refractivity contribution in [2.75, 3.05) is 49.1 Å². The molecular weight excluding hydrogens is 528 g/mol. The zero-order chi connectivity index (χ0) is 27.3. The van der Waals surface area contributed by atoms with Gasteiger partial charge in [-0.05, 0) is 36.8 Å². The number of carbonyl (C=O) groups excluding carboxylic acids is 3. The van der Waals surface area contributed by atoms with E-state index in [1.807, 2.05) is 30.3 Å². The van der Waals surface area contributed by atoms with Crippen LogP contribution in [-0.4, -0.2) is 75.2 Å². The van der Waals surface area contributed by atoms with Gasteiger partial charge in [0.15, 0.2) is 0 Å². The molecular formula is C26H28N4O6S2. The van der Waals surface area contributed by atoms with Crippen molar-refractivity contribution in [1.29, 1.82) is 0 Å². The van der Waals surface area contributed by atoms with Crippen LogP contribution < -0.4 is 10.0 Å². The quantitative estimate of drug-likeness (QED) is 0.425. The first-order chi connectivity index (χ1) is 18.1. The van der Waals surface area contributed by atoms with Gasteiger partial charge >= 0.3 is 12.0 Å². The zero-order valence-electron chi connectivity index (χ0n) is 21.0. The lowest BCUT2D eigenvalue weighted by Crippen LogP contribution is -2.51. The SMILES string of the molecule is CCOC(=O)c1cc(-c2ccccc2)sc1NC(=O)N1CCN(C(=O)c2cccc(NS(C)(=O)=O)c2)CC1. The molecule has 0 saturated carbocycles. The summed E-state index contributed by atoms with van der Waals surface area (Å²) in [5, 5.41) is 3.25. The van der Waals surface area contributed by atoms with Crippen molar-refractivity contribution in [3.63, 3.8) is 0 Å². The highest BCUT2D eigenvalue weighted by atomic mass is 32.2. The van der Waals surface area contributed by atoms with Crippen LogP contribution in [0.3, 0.4) is 0 Å². The smallest absolute Gasteiger partial charge is 0.341 e. The summed E-state index contributed by atoms with van der Waals surface area (Å²) in [5.41, 5.74) is 1.87. The standard InChI is InChI=1S/C26H28N4O6S2/c1-3-36-25(32)21-17-22(18-8-5-4-6-9-18)37-23(21)27-26(33)30-14-12-29(13-15-30)24(31)19-10-7-11-20(16-19)28-38(2,34)35/h4-11,16-17,28H,3,12-15H2,1-2H3,(H,27,33). The molecule has 38 heavy (non-hydrogen) atoms. The molecule has 2 N–H and O–H groups in total. The van der Waals surface area contributed by atoms with Crippen LogP contribution in [0.1, 0.15) is 27.6 Å². The Balaban J connectivity index is 1.42. The molecule has 200 valence electrons. The average molecular weight is 557 g/mol. The molecule has 2 aromatic carbocycles. The third-order valence-corrected chi connectivity index (χ3v) is 7.48. The number of rotatable bonds is 7. The van der Waals surface area contributed by atoms with E-state index in [1.165, 1.54) is 17.4 Å². The second-order valence-electron chi connectivity index (χ2n) is 8.60. The monoisotopic (exact) mass is 556 g/mol. The predicted molar refractivity (Wildman–Crippen MR) is 147 cm³/mol. The molecule has 1 saturated heterocycles. The number of thiophene rings is 1. The fourth-order valence-electron chi connectivity index (χ4n) is 3.99. The number of sulfonamides is 1. The first-order valence-corrected chi connectivity index (χ1v) is 14.6. The van der Waals surface area contributed by atoms with Crippen molar-refractivity contribution in [2.24, 2.45) is 0 Å². The summed E-state index contributed by atoms with van der Waals surface area (Å²) < 4.78 is 30.6. The fraction of sp³-hybridized carbons (Fsp3) is 0.269. The van der Waals surface area contributed by atoms with Gasteiger partial charge in [-0.1, -0.05) is 36.4 Å². The Morgan fingerprint density at radius 1 is 0.947 bits per heavy atom. The first kappa shape index (κ1) is 27.1. The van der Waals surface area contributed by atoms with E-state index < -0.39 is 16.0 Å². The van der Waals surface area contributed by atoms with Gasteiger partial charge in [0.05, 0.1) is 18.4 Å². The number of anilines is 2. The number of esters is 1. The maximum absolute atomic E-state index is 13.1. The van der Waals surface area contributed by atoms with Crippen LogP contribution in [-0.2, 0) is 14.8 Å². The lowest BCUT2D eigenvalue weighted by atomic mass is 10.1. The summed E-state index contributed by atoms with van der Waals surface area (Å²) in [5.74, 6) is -0.762. The van der Waals surface area contributed by atoms with Gasteiger partial charge in [-0.3, -0.25) is 14.8 Å². The number of urea groups is 1. The molecule has 0 aliphatic carbocycles. The van der Waals surface area contributed by atoms with Gasteiger partial charge < -0.3 is 14.5 Å². The molecule has 1 fully saturated rings. The normalized spacial score (nSPS) is 13.6. The van der Waals surface area contributed by atoms with E-state index in [0.717, 1.165) is 16.7 Å². The minimum Gasteiger partial charge on any atom is -0.462 e. The molecule has 10 nitrogen and oxygen atoms in total. The van der Waals surface area contributed by atoms with E-state index >= 15 is 0 Å². The van der Waals surface area contributed by atoms with Crippen LogP contribution >= 0.6 is 11.3 Å². The van der Waals surface area contributed by atoms with Gasteiger partial charge in [-0.2, -0.15) is 0 Å². The van der Waals surface area contributed by atoms with Crippen molar-refractivity contribution in [1.82, 2.24) is 9.80 Å². The molecule has 1 aliphatic heterocycles. The van der Waals surface area contributed by atoms with E-state index in [-0.39, 0.29) is 18.5 Å². The van der Waals surface area contributed by atoms with Crippen molar-refractivity contribution in [2.45, 2.75) is 6.92 Å². The molecule has 4 rings (SSSR count). The molecule has 3 aromatic rings. The largest absolute Gasteiger partial charge is 0.462 e. The minimum atomic E-state index is -3.47. The number of ether oxygens (including phenoxy) is 1. The van der Waals surface area contributed by atoms with Gasteiger partial charge in [0.2, 0.25) is 10.0 Å². The summed E-state index contributed by atoms with van der Waals surface area (Å²) in [6.07, 6.45) is 1.04. The van der Waals surface area contributed by atoms with Crippen LogP contribution in [0.15, 0.2) is 60.7 Å². The van der Waals surface area contributed by atoms with E-state index in [9.17, 15) is 22.8 Å². The molecule has 2 heterocycles. The van der Waals surface area contributed by atoms with E-state index in [1.54, 1.807) is 41.0 Å². The van der Waals surface area contributed by atoms with E-state index in [4.69, 9.17) is 4.74 Å². The summed E-state index contributed by atoms with van der Waals surface area (Å²) in [6.45, 7) is 3.14. The molecule has 12 heteroatoms. The third kappa shape index (κ3) is 6.69. The van der Waals surface area contributed by atoms with Gasteiger partial charge in [0, 0.05) is 42.3 Å². The second-order valence-corrected chi connectivity index (χ2v) is 11.4. The Bertz CT molecular complexity index is 1430. The van der Waals surface area contributed by atoms with Crippen molar-refractivity contribution < 1.29 is 27.5 Å². The summed E-state index contributed by atoms with van der Waals surface area (Å²) in [7, 11) is -3.47. The fourth-order valence-corrected chi connectivity index (χ4v) is 5.59. The Hall–Kier alpha value is -3.90. The van der Waals surface area contributed by atoms with E-state index in [0.29, 0.717) is 48.0 Å². The van der Waals surface area contributed by atoms with E-state index in [2.05, 4.69) is 10.0 Å². The summed E-state index contributed by atoms with van der Waals surface area (Å²) >= 11 is 1.29. The Labute approximate surface area is 225 Å². The predicted octanol–water partition coefficient (Wildman–Crippen LogP) is 3.95. The number of nitrogens with one attached hydrogen (secondary N) is 2. The number of piperazine rings is 1. The first-order valence-electron chi connectivity index (χ1n) is 11.9. The van der Waals surface area contributed by atoms with Gasteiger partial charge in [0.25, 0.3) is 5.91 Å². The molecule has 3 amide bonds. The number of carbonyl (C=O) groups is 3. The van der Waals surface area contributed by atoms with Gasteiger partial charge in [0.1, 0.15) is 5.00 Å². The van der Waals surface area contributed by atoms with Crippen LogP contribution in [0.25, 0.3) is 10.4 Å². The molecule has 0 spiro atoms. The molecule has 1 aliphatic rings. The number of benzene rings is 2. The molecule has 0 atom stereocenters. The van der Waals surface area contributed by atoms with Crippen LogP contribution in [0.5, 0.6) is 0 Å². The van der Waals surface area contributed by atoms with Crippen molar-refractivity contribution >= 4 is 50.0 Å². The maximum Gasteiger partial charge on any atom is 0.341 e. The average Bonchev–Trinajstić information content (AvgIpc) is 3.32. The summed E-state index contributed by atoms with van der Waals surface area (Å²) in [4.78, 5) is 42.6. The number of hydrogen-bond acceptors (Lipinski definition) is 7. The second kappa shape index (κ2) is 11.7. The molecule has 0 bridgehead atoms. The van der Waals surface area contributed by atoms with Gasteiger partial charge in [-0.25, -0.2) is 18.0 Å². The Morgan fingerprint density at radius 2 is 1.63 bits per heavy atom.